The zero-order chi connectivity index (χ0) is 16.3. The van der Waals surface area contributed by atoms with Crippen LogP contribution in [-0.2, 0) is 0 Å². The molecule has 1 spiro atoms. The van der Waals surface area contributed by atoms with Crippen molar-refractivity contribution in [2.75, 3.05) is 31.1 Å². The summed E-state index contributed by atoms with van der Waals surface area (Å²) in [6, 6.07) is 8.07. The summed E-state index contributed by atoms with van der Waals surface area (Å²) >= 11 is 0. The Morgan fingerprint density at radius 3 is 2.88 bits per heavy atom. The highest BCUT2D eigenvalue weighted by molar-refractivity contribution is 6.18. The number of pyridine rings is 1. The van der Waals surface area contributed by atoms with Gasteiger partial charge in [0.05, 0.1) is 16.5 Å². The number of nitrogens with zero attached hydrogens (tertiary/aromatic N) is 2. The molecule has 1 aromatic carbocycles. The van der Waals surface area contributed by atoms with Crippen LogP contribution in [0.3, 0.4) is 0 Å². The van der Waals surface area contributed by atoms with E-state index < -0.39 is 5.91 Å². The number of hydrogen-bond donors (Lipinski definition) is 3. The largest absolute Gasteiger partial charge is 0.365 e. The fraction of sp³-hybridized carbons (Fsp3) is 0.333. The van der Waals surface area contributed by atoms with Crippen molar-refractivity contribution in [2.45, 2.75) is 6.42 Å². The number of fused-ring (bicyclic) bond motifs is 3. The number of carbonyl (C=O) groups is 1. The highest BCUT2D eigenvalue weighted by Crippen LogP contribution is 2.42. The molecule has 4 N–H and O–H groups in total. The number of carbonyl (C=O) groups excluding carboxylic acids is 1. The monoisotopic (exact) mass is 321 g/mol. The van der Waals surface area contributed by atoms with Gasteiger partial charge in [0.25, 0.3) is 5.91 Å². The predicted octanol–water partition coefficient (Wildman–Crippen LogP) is 1.61. The summed E-state index contributed by atoms with van der Waals surface area (Å²) in [6.07, 6.45) is 2.83. The number of nitrogens with one attached hydrogen (secondary N) is 2. The lowest BCUT2D eigenvalue weighted by Gasteiger charge is -2.48. The second-order valence-electron chi connectivity index (χ2n) is 7.06. The van der Waals surface area contributed by atoms with Gasteiger partial charge in [-0.15, -0.1) is 0 Å². The lowest BCUT2D eigenvalue weighted by Crippen LogP contribution is -2.57. The van der Waals surface area contributed by atoms with Gasteiger partial charge >= 0.3 is 0 Å². The quantitative estimate of drug-likeness (QED) is 0.669. The molecule has 1 amide bonds. The summed E-state index contributed by atoms with van der Waals surface area (Å²) in [5, 5.41) is 5.55. The van der Waals surface area contributed by atoms with E-state index >= 15 is 0 Å². The smallest absolute Gasteiger partial charge is 0.252 e. The molecular weight excluding hydrogens is 302 g/mol. The molecular formula is C18H19N5O. The maximum Gasteiger partial charge on any atom is 0.252 e. The molecule has 0 aliphatic carbocycles. The second kappa shape index (κ2) is 4.70. The predicted molar refractivity (Wildman–Crippen MR) is 94.3 cm³/mol. The van der Waals surface area contributed by atoms with E-state index in [9.17, 15) is 4.79 Å². The number of anilines is 1. The van der Waals surface area contributed by atoms with E-state index in [4.69, 9.17) is 5.73 Å². The molecule has 24 heavy (non-hydrogen) atoms. The van der Waals surface area contributed by atoms with Crippen LogP contribution in [0.2, 0.25) is 0 Å². The number of aromatic nitrogens is 2. The fourth-order valence-electron chi connectivity index (χ4n) is 4.24. The highest BCUT2D eigenvalue weighted by atomic mass is 16.1. The molecule has 0 unspecified atom stereocenters. The number of hydrogen-bond acceptors (Lipinski definition) is 4. The van der Waals surface area contributed by atoms with Crippen LogP contribution in [0.1, 0.15) is 16.8 Å². The van der Waals surface area contributed by atoms with E-state index in [1.54, 1.807) is 6.20 Å². The average Bonchev–Trinajstić information content (AvgIpc) is 3.17. The molecule has 4 heterocycles. The Hall–Kier alpha value is -2.60. The zero-order valence-electron chi connectivity index (χ0n) is 13.3. The Balaban J connectivity index is 1.69. The molecule has 2 saturated heterocycles. The number of nitrogens with two attached hydrogens (primary N) is 1. The van der Waals surface area contributed by atoms with Gasteiger partial charge in [0.1, 0.15) is 5.82 Å². The molecule has 2 aromatic heterocycles. The number of aromatic amines is 1. The van der Waals surface area contributed by atoms with Crippen LogP contribution < -0.4 is 16.0 Å². The van der Waals surface area contributed by atoms with E-state index in [-0.39, 0.29) is 0 Å². The third-order valence-corrected chi connectivity index (χ3v) is 5.46. The minimum atomic E-state index is -0.453. The van der Waals surface area contributed by atoms with E-state index in [0.717, 1.165) is 53.8 Å². The third kappa shape index (κ3) is 1.80. The van der Waals surface area contributed by atoms with Crippen LogP contribution in [0, 0.1) is 5.41 Å². The van der Waals surface area contributed by atoms with Gasteiger partial charge in [-0.25, -0.2) is 4.98 Å². The van der Waals surface area contributed by atoms with Gasteiger partial charge in [-0.1, -0.05) is 18.2 Å². The van der Waals surface area contributed by atoms with Crippen LogP contribution in [0.25, 0.3) is 21.8 Å². The van der Waals surface area contributed by atoms with Crippen LogP contribution >= 0.6 is 0 Å². The molecule has 5 rings (SSSR count). The van der Waals surface area contributed by atoms with Gasteiger partial charge in [-0.05, 0) is 19.0 Å². The number of rotatable bonds is 2. The maximum atomic E-state index is 11.8. The Labute approximate surface area is 139 Å². The van der Waals surface area contributed by atoms with Crippen molar-refractivity contribution in [2.24, 2.45) is 11.1 Å². The Bertz CT molecular complexity index is 962. The van der Waals surface area contributed by atoms with E-state index in [0.29, 0.717) is 11.0 Å². The Kier molecular flexibility index (Phi) is 2.71. The van der Waals surface area contributed by atoms with Crippen LogP contribution in [-0.4, -0.2) is 42.1 Å². The third-order valence-electron chi connectivity index (χ3n) is 5.46. The molecule has 2 fully saturated rings. The molecule has 2 aliphatic heterocycles. The summed E-state index contributed by atoms with van der Waals surface area (Å²) in [5.41, 5.74) is 8.18. The number of primary amides is 1. The number of para-hydroxylation sites is 1. The Morgan fingerprint density at radius 1 is 1.29 bits per heavy atom. The average molecular weight is 321 g/mol. The molecule has 0 atom stereocenters. The number of H-pyrrole nitrogens is 1. The highest BCUT2D eigenvalue weighted by Gasteiger charge is 2.46. The van der Waals surface area contributed by atoms with Crippen LogP contribution in [0.5, 0.6) is 0 Å². The molecule has 0 saturated carbocycles. The first kappa shape index (κ1) is 13.8. The van der Waals surface area contributed by atoms with Gasteiger partial charge in [-0.3, -0.25) is 4.79 Å². The molecule has 3 aromatic rings. The minimum Gasteiger partial charge on any atom is -0.365 e. The summed E-state index contributed by atoms with van der Waals surface area (Å²) in [6.45, 7) is 4.21. The molecule has 0 radical (unpaired) electrons. The van der Waals surface area contributed by atoms with Crippen molar-refractivity contribution in [3.8, 4) is 0 Å². The number of amides is 1. The second-order valence-corrected chi connectivity index (χ2v) is 7.06. The summed E-state index contributed by atoms with van der Waals surface area (Å²) in [5.74, 6) is 0.496. The van der Waals surface area contributed by atoms with Gasteiger partial charge in [0.15, 0.2) is 0 Å². The lowest BCUT2D eigenvalue weighted by atomic mass is 9.79. The van der Waals surface area contributed by atoms with Crippen molar-refractivity contribution >= 4 is 33.5 Å². The first-order chi connectivity index (χ1) is 11.7. The first-order valence-corrected chi connectivity index (χ1v) is 8.32. The maximum absolute atomic E-state index is 11.8. The van der Waals surface area contributed by atoms with Gasteiger partial charge in [-0.2, -0.15) is 0 Å². The summed E-state index contributed by atoms with van der Waals surface area (Å²) in [4.78, 5) is 22.1. The minimum absolute atomic E-state index is 0.391. The van der Waals surface area contributed by atoms with Crippen molar-refractivity contribution in [3.63, 3.8) is 0 Å². The summed E-state index contributed by atoms with van der Waals surface area (Å²) in [7, 11) is 0. The van der Waals surface area contributed by atoms with Crippen LogP contribution in [0.4, 0.5) is 5.82 Å². The van der Waals surface area contributed by atoms with Gasteiger partial charge < -0.3 is 20.9 Å². The van der Waals surface area contributed by atoms with Gasteiger partial charge in [0.2, 0.25) is 0 Å². The molecule has 2 aliphatic rings. The summed E-state index contributed by atoms with van der Waals surface area (Å²) < 4.78 is 0. The van der Waals surface area contributed by atoms with E-state index in [1.165, 1.54) is 6.42 Å². The van der Waals surface area contributed by atoms with E-state index in [2.05, 4.69) is 26.3 Å². The first-order valence-electron chi connectivity index (χ1n) is 8.32. The Morgan fingerprint density at radius 2 is 2.12 bits per heavy atom. The molecule has 6 nitrogen and oxygen atoms in total. The van der Waals surface area contributed by atoms with E-state index in [1.807, 2.05) is 18.2 Å². The standard InChI is InChI=1S/C18H19N5O/c19-16(24)12-7-21-17(23-9-18(10-23)5-6-20-8-18)14-11-3-1-2-4-13(11)22-15(12)14/h1-4,7,20,22H,5-6,8-10H2,(H2,19,24). The normalized spacial score (nSPS) is 19.2. The fourth-order valence-corrected chi connectivity index (χ4v) is 4.24. The molecule has 0 bridgehead atoms. The SMILES string of the molecule is NC(=O)c1cnc(N2CC3(CCNC3)C2)c2c1[nH]c1ccccc12. The van der Waals surface area contributed by atoms with Gasteiger partial charge in [0, 0.05) is 42.1 Å². The van der Waals surface area contributed by atoms with Crippen molar-refractivity contribution in [1.82, 2.24) is 15.3 Å². The number of benzene rings is 1. The molecule has 122 valence electrons. The van der Waals surface area contributed by atoms with Crippen molar-refractivity contribution in [3.05, 3.63) is 36.0 Å². The topological polar surface area (TPSA) is 87.0 Å². The lowest BCUT2D eigenvalue weighted by molar-refractivity contribution is 0.100. The molecule has 6 heteroatoms. The van der Waals surface area contributed by atoms with Crippen molar-refractivity contribution < 1.29 is 4.79 Å². The van der Waals surface area contributed by atoms with Crippen molar-refractivity contribution in [1.29, 1.82) is 0 Å². The zero-order valence-corrected chi connectivity index (χ0v) is 13.3. The van der Waals surface area contributed by atoms with Crippen LogP contribution in [0.15, 0.2) is 30.5 Å².